The fourth-order valence-electron chi connectivity index (χ4n) is 2.94. The van der Waals surface area contributed by atoms with Crippen molar-refractivity contribution in [1.29, 1.82) is 0 Å². The maximum atomic E-state index is 11.7. The van der Waals surface area contributed by atoms with Gasteiger partial charge in [0.05, 0.1) is 0 Å². The Kier molecular flexibility index (Phi) is 5.79. The van der Waals surface area contributed by atoms with Gasteiger partial charge >= 0.3 is 5.97 Å². The van der Waals surface area contributed by atoms with E-state index in [0.717, 1.165) is 19.4 Å². The molecule has 110 valence electrons. The van der Waals surface area contributed by atoms with Crippen LogP contribution in [0, 0.1) is 0 Å². The second-order valence-corrected chi connectivity index (χ2v) is 5.65. The summed E-state index contributed by atoms with van der Waals surface area (Å²) in [5.74, 6) is -0.742. The van der Waals surface area contributed by atoms with Gasteiger partial charge in [0.25, 0.3) is 0 Å². The number of amides is 1. The number of carboxylic acid groups (broad SMARTS) is 1. The lowest BCUT2D eigenvalue weighted by molar-refractivity contribution is -0.150. The van der Waals surface area contributed by atoms with E-state index >= 15 is 0 Å². The summed E-state index contributed by atoms with van der Waals surface area (Å²) in [4.78, 5) is 25.3. The van der Waals surface area contributed by atoms with Crippen molar-refractivity contribution >= 4 is 11.9 Å². The maximum absolute atomic E-state index is 11.7. The van der Waals surface area contributed by atoms with Crippen LogP contribution in [0.3, 0.4) is 0 Å². The van der Waals surface area contributed by atoms with Gasteiger partial charge in [-0.15, -0.1) is 0 Å². The first kappa shape index (κ1) is 16.0. The molecule has 5 nitrogen and oxygen atoms in total. The Hall–Kier alpha value is -1.10. The fourth-order valence-corrected chi connectivity index (χ4v) is 2.94. The number of rotatable bonds is 7. The zero-order chi connectivity index (χ0) is 14.5. The molecule has 1 rings (SSSR count). The summed E-state index contributed by atoms with van der Waals surface area (Å²) in [6.45, 7) is 7.16. The van der Waals surface area contributed by atoms with Crippen molar-refractivity contribution in [3.8, 4) is 0 Å². The first-order chi connectivity index (χ1) is 8.92. The Morgan fingerprint density at radius 3 is 2.63 bits per heavy atom. The van der Waals surface area contributed by atoms with E-state index in [2.05, 4.69) is 5.32 Å². The largest absolute Gasteiger partial charge is 0.480 e. The molecule has 1 atom stereocenters. The van der Waals surface area contributed by atoms with Crippen LogP contribution < -0.4 is 5.32 Å². The molecule has 0 aromatic rings. The third-order valence-corrected chi connectivity index (χ3v) is 3.74. The van der Waals surface area contributed by atoms with E-state index in [-0.39, 0.29) is 11.9 Å². The van der Waals surface area contributed by atoms with E-state index in [1.54, 1.807) is 0 Å². The van der Waals surface area contributed by atoms with Gasteiger partial charge in [0, 0.05) is 19.0 Å². The minimum absolute atomic E-state index is 0.00214. The fraction of sp³-hybridized carbons (Fsp3) is 0.857. The monoisotopic (exact) mass is 270 g/mol. The number of aliphatic carboxylic acids is 1. The SMILES string of the molecule is CCCC1(C(=O)O)CCCN1CCC(=O)NC(C)C. The molecule has 1 saturated heterocycles. The molecule has 0 bridgehead atoms. The molecular weight excluding hydrogens is 244 g/mol. The quantitative estimate of drug-likeness (QED) is 0.737. The van der Waals surface area contributed by atoms with Crippen molar-refractivity contribution in [1.82, 2.24) is 10.2 Å². The van der Waals surface area contributed by atoms with Crippen LogP contribution in [-0.2, 0) is 9.59 Å². The lowest BCUT2D eigenvalue weighted by Gasteiger charge is -2.34. The molecule has 1 fully saturated rings. The number of carbonyl (C=O) groups is 2. The summed E-state index contributed by atoms with van der Waals surface area (Å²) < 4.78 is 0. The summed E-state index contributed by atoms with van der Waals surface area (Å²) >= 11 is 0. The summed E-state index contributed by atoms with van der Waals surface area (Å²) in [6, 6.07) is 0.131. The van der Waals surface area contributed by atoms with Crippen LogP contribution in [0.15, 0.2) is 0 Å². The Morgan fingerprint density at radius 1 is 1.42 bits per heavy atom. The summed E-state index contributed by atoms with van der Waals surface area (Å²) in [6.07, 6.45) is 3.48. The van der Waals surface area contributed by atoms with Crippen LogP contribution in [0.2, 0.25) is 0 Å². The number of nitrogens with one attached hydrogen (secondary N) is 1. The van der Waals surface area contributed by atoms with E-state index in [9.17, 15) is 14.7 Å². The normalized spacial score (nSPS) is 23.8. The molecule has 1 unspecified atom stereocenters. The molecule has 1 aliphatic heterocycles. The average molecular weight is 270 g/mol. The van der Waals surface area contributed by atoms with E-state index in [4.69, 9.17) is 0 Å². The van der Waals surface area contributed by atoms with Gasteiger partial charge in [0.2, 0.25) is 5.91 Å². The van der Waals surface area contributed by atoms with Gasteiger partial charge < -0.3 is 10.4 Å². The van der Waals surface area contributed by atoms with Crippen LogP contribution in [-0.4, -0.2) is 46.6 Å². The smallest absolute Gasteiger partial charge is 0.324 e. The maximum Gasteiger partial charge on any atom is 0.324 e. The molecule has 0 aliphatic carbocycles. The highest BCUT2D eigenvalue weighted by Gasteiger charge is 2.46. The first-order valence-corrected chi connectivity index (χ1v) is 7.20. The molecule has 5 heteroatoms. The highest BCUT2D eigenvalue weighted by molar-refractivity contribution is 5.80. The van der Waals surface area contributed by atoms with Gasteiger partial charge in [-0.25, -0.2) is 0 Å². The molecule has 1 amide bonds. The van der Waals surface area contributed by atoms with Crippen molar-refractivity contribution in [3.05, 3.63) is 0 Å². The number of hydrogen-bond acceptors (Lipinski definition) is 3. The topological polar surface area (TPSA) is 69.6 Å². The van der Waals surface area contributed by atoms with Crippen LogP contribution >= 0.6 is 0 Å². The molecule has 0 spiro atoms. The zero-order valence-electron chi connectivity index (χ0n) is 12.2. The van der Waals surface area contributed by atoms with E-state index in [1.807, 2.05) is 25.7 Å². The van der Waals surface area contributed by atoms with Crippen molar-refractivity contribution < 1.29 is 14.7 Å². The van der Waals surface area contributed by atoms with Gasteiger partial charge in [0.1, 0.15) is 5.54 Å². The second kappa shape index (κ2) is 6.89. The molecule has 2 N–H and O–H groups in total. The minimum atomic E-state index is -0.743. The minimum Gasteiger partial charge on any atom is -0.480 e. The van der Waals surface area contributed by atoms with Gasteiger partial charge in [0.15, 0.2) is 0 Å². The molecule has 1 aliphatic rings. The molecule has 0 aromatic carbocycles. The van der Waals surface area contributed by atoms with Crippen LogP contribution in [0.4, 0.5) is 0 Å². The predicted molar refractivity (Wildman–Crippen MR) is 74.0 cm³/mol. The summed E-state index contributed by atoms with van der Waals surface area (Å²) in [5.41, 5.74) is -0.743. The molecule has 1 heterocycles. The van der Waals surface area contributed by atoms with E-state index in [0.29, 0.717) is 25.8 Å². The zero-order valence-corrected chi connectivity index (χ0v) is 12.2. The Morgan fingerprint density at radius 2 is 2.11 bits per heavy atom. The van der Waals surface area contributed by atoms with Gasteiger partial charge in [-0.05, 0) is 39.7 Å². The molecular formula is C14H26N2O3. The number of nitrogens with zero attached hydrogens (tertiary/aromatic N) is 1. The number of likely N-dealkylation sites (tertiary alicyclic amines) is 1. The summed E-state index contributed by atoms with van der Waals surface area (Å²) in [5, 5.41) is 12.4. The highest BCUT2D eigenvalue weighted by atomic mass is 16.4. The molecule has 0 radical (unpaired) electrons. The van der Waals surface area contributed by atoms with Crippen LogP contribution in [0.1, 0.15) is 52.9 Å². The van der Waals surface area contributed by atoms with Gasteiger partial charge in [-0.2, -0.15) is 0 Å². The van der Waals surface area contributed by atoms with Gasteiger partial charge in [-0.3, -0.25) is 14.5 Å². The second-order valence-electron chi connectivity index (χ2n) is 5.65. The molecule has 19 heavy (non-hydrogen) atoms. The van der Waals surface area contributed by atoms with Crippen LogP contribution in [0.25, 0.3) is 0 Å². The third kappa shape index (κ3) is 3.93. The lowest BCUT2D eigenvalue weighted by Crippen LogP contribution is -2.51. The lowest BCUT2D eigenvalue weighted by atomic mass is 9.90. The van der Waals surface area contributed by atoms with Crippen LogP contribution in [0.5, 0.6) is 0 Å². The average Bonchev–Trinajstić information content (AvgIpc) is 2.70. The summed E-state index contributed by atoms with van der Waals surface area (Å²) in [7, 11) is 0. The Bertz CT molecular complexity index is 331. The van der Waals surface area contributed by atoms with Crippen molar-refractivity contribution in [3.63, 3.8) is 0 Å². The Balaban J connectivity index is 2.60. The van der Waals surface area contributed by atoms with E-state index in [1.165, 1.54) is 0 Å². The third-order valence-electron chi connectivity index (χ3n) is 3.74. The van der Waals surface area contributed by atoms with Crippen molar-refractivity contribution in [2.75, 3.05) is 13.1 Å². The highest BCUT2D eigenvalue weighted by Crippen LogP contribution is 2.33. The first-order valence-electron chi connectivity index (χ1n) is 7.20. The van der Waals surface area contributed by atoms with Crippen molar-refractivity contribution in [2.45, 2.75) is 64.5 Å². The number of carboxylic acids is 1. The predicted octanol–water partition coefficient (Wildman–Crippen LogP) is 1.62. The number of hydrogen-bond donors (Lipinski definition) is 2. The Labute approximate surface area is 115 Å². The number of carbonyl (C=O) groups excluding carboxylic acids is 1. The van der Waals surface area contributed by atoms with Gasteiger partial charge in [-0.1, -0.05) is 13.3 Å². The van der Waals surface area contributed by atoms with Crippen molar-refractivity contribution in [2.24, 2.45) is 0 Å². The van der Waals surface area contributed by atoms with E-state index < -0.39 is 11.5 Å². The standard InChI is InChI=1S/C14H26N2O3/c1-4-7-14(13(18)19)8-5-9-16(14)10-6-12(17)15-11(2)3/h11H,4-10H2,1-3H3,(H,15,17)(H,18,19). The molecule has 0 saturated carbocycles. The molecule has 0 aromatic heterocycles.